The van der Waals surface area contributed by atoms with Crippen LogP contribution in [0.4, 0.5) is 5.82 Å². The minimum Gasteiger partial charge on any atom is -0.496 e. The largest absolute Gasteiger partial charge is 0.496 e. The molecule has 112 valence electrons. The summed E-state index contributed by atoms with van der Waals surface area (Å²) in [6, 6.07) is 12.0. The van der Waals surface area contributed by atoms with Crippen molar-refractivity contribution in [1.82, 2.24) is 15.5 Å². The smallest absolute Gasteiger partial charge is 0.151 e. The summed E-state index contributed by atoms with van der Waals surface area (Å²) in [6.45, 7) is 4.48. The lowest BCUT2D eigenvalue weighted by Gasteiger charge is -2.19. The molecule has 0 saturated carbocycles. The molecule has 0 unspecified atom stereocenters. The highest BCUT2D eigenvalue weighted by molar-refractivity contribution is 5.41. The minimum atomic E-state index is 0.727. The lowest BCUT2D eigenvalue weighted by molar-refractivity contribution is 0.409. The summed E-state index contributed by atoms with van der Waals surface area (Å²) in [5.41, 5.74) is 2.08. The normalized spacial score (nSPS) is 10.4. The van der Waals surface area contributed by atoms with Gasteiger partial charge in [0, 0.05) is 25.7 Å². The molecule has 1 aromatic carbocycles. The zero-order chi connectivity index (χ0) is 15.1. The molecule has 0 radical (unpaired) electrons. The fourth-order valence-corrected chi connectivity index (χ4v) is 2.07. The van der Waals surface area contributed by atoms with Crippen molar-refractivity contribution in [1.29, 1.82) is 0 Å². The third-order valence-corrected chi connectivity index (χ3v) is 3.25. The number of nitrogens with zero attached hydrogens (tertiary/aromatic N) is 3. The maximum absolute atomic E-state index is 5.37. The molecule has 0 saturated heterocycles. The molecule has 1 heterocycles. The van der Waals surface area contributed by atoms with Gasteiger partial charge in [-0.05, 0) is 24.7 Å². The highest BCUT2D eigenvalue weighted by Crippen LogP contribution is 2.20. The van der Waals surface area contributed by atoms with Crippen LogP contribution in [0.2, 0.25) is 0 Å². The van der Waals surface area contributed by atoms with E-state index in [2.05, 4.69) is 33.4 Å². The van der Waals surface area contributed by atoms with Crippen LogP contribution in [0.25, 0.3) is 0 Å². The highest BCUT2D eigenvalue weighted by Gasteiger charge is 2.08. The quantitative estimate of drug-likeness (QED) is 0.846. The fraction of sp³-hybridized carbons (Fsp3) is 0.375. The maximum atomic E-state index is 5.37. The molecule has 0 aliphatic carbocycles. The van der Waals surface area contributed by atoms with E-state index < -0.39 is 0 Å². The Kier molecular flexibility index (Phi) is 5.51. The Morgan fingerprint density at radius 3 is 2.62 bits per heavy atom. The van der Waals surface area contributed by atoms with Gasteiger partial charge >= 0.3 is 0 Å². The Balaban J connectivity index is 2.04. The first-order valence-corrected chi connectivity index (χ1v) is 7.11. The Labute approximate surface area is 126 Å². The van der Waals surface area contributed by atoms with E-state index in [0.717, 1.165) is 42.5 Å². The van der Waals surface area contributed by atoms with Crippen LogP contribution in [0.3, 0.4) is 0 Å². The number of anilines is 1. The van der Waals surface area contributed by atoms with Gasteiger partial charge < -0.3 is 15.0 Å². The van der Waals surface area contributed by atoms with E-state index in [1.165, 1.54) is 0 Å². The molecule has 0 spiro atoms. The van der Waals surface area contributed by atoms with Gasteiger partial charge in [-0.15, -0.1) is 5.10 Å². The highest BCUT2D eigenvalue weighted by atomic mass is 16.5. The summed E-state index contributed by atoms with van der Waals surface area (Å²) in [7, 11) is 3.69. The number of para-hydroxylation sites is 1. The Morgan fingerprint density at radius 1 is 1.14 bits per heavy atom. The zero-order valence-electron chi connectivity index (χ0n) is 12.8. The molecular formula is C16H22N4O. The topological polar surface area (TPSA) is 50.3 Å². The van der Waals surface area contributed by atoms with E-state index in [1.807, 2.05) is 37.4 Å². The van der Waals surface area contributed by atoms with Gasteiger partial charge in [-0.2, -0.15) is 5.10 Å². The van der Waals surface area contributed by atoms with E-state index in [-0.39, 0.29) is 0 Å². The third kappa shape index (κ3) is 4.16. The fourth-order valence-electron chi connectivity index (χ4n) is 2.07. The van der Waals surface area contributed by atoms with Gasteiger partial charge in [0.2, 0.25) is 0 Å². The number of methoxy groups -OCH3 is 1. The number of benzene rings is 1. The van der Waals surface area contributed by atoms with Crippen LogP contribution in [-0.4, -0.2) is 30.9 Å². The minimum absolute atomic E-state index is 0.727. The van der Waals surface area contributed by atoms with Crippen molar-refractivity contribution in [3.05, 3.63) is 47.7 Å². The van der Waals surface area contributed by atoms with Crippen LogP contribution in [0, 0.1) is 0 Å². The van der Waals surface area contributed by atoms with Crippen LogP contribution >= 0.6 is 0 Å². The van der Waals surface area contributed by atoms with Gasteiger partial charge in [0.05, 0.1) is 12.8 Å². The molecule has 2 aromatic rings. The first-order chi connectivity index (χ1) is 10.2. The van der Waals surface area contributed by atoms with Gasteiger partial charge in [0.1, 0.15) is 5.75 Å². The number of nitrogens with one attached hydrogen (secondary N) is 1. The van der Waals surface area contributed by atoms with Crippen LogP contribution in [-0.2, 0) is 13.1 Å². The average Bonchev–Trinajstić information content (AvgIpc) is 2.54. The van der Waals surface area contributed by atoms with Gasteiger partial charge in [0.25, 0.3) is 0 Å². The van der Waals surface area contributed by atoms with Crippen molar-refractivity contribution < 1.29 is 4.74 Å². The molecule has 0 atom stereocenters. The first-order valence-electron chi connectivity index (χ1n) is 7.11. The number of hydrogen-bond acceptors (Lipinski definition) is 5. The molecule has 1 aromatic heterocycles. The molecule has 2 rings (SSSR count). The summed E-state index contributed by atoms with van der Waals surface area (Å²) < 4.78 is 5.37. The maximum Gasteiger partial charge on any atom is 0.151 e. The van der Waals surface area contributed by atoms with Gasteiger partial charge in [0.15, 0.2) is 5.82 Å². The standard InChI is InChI=1S/C16H22N4O/c1-4-17-11-14-9-10-16(19-18-14)20(2)12-13-7-5-6-8-15(13)21-3/h5-10,17H,4,11-12H2,1-3H3. The van der Waals surface area contributed by atoms with E-state index in [0.29, 0.717) is 0 Å². The van der Waals surface area contributed by atoms with Crippen LogP contribution in [0.15, 0.2) is 36.4 Å². The molecule has 0 fully saturated rings. The number of ether oxygens (including phenoxy) is 1. The number of aromatic nitrogens is 2. The Bertz CT molecular complexity index is 556. The third-order valence-electron chi connectivity index (χ3n) is 3.25. The summed E-state index contributed by atoms with van der Waals surface area (Å²) in [4.78, 5) is 2.06. The van der Waals surface area contributed by atoms with Crippen molar-refractivity contribution in [3.8, 4) is 5.75 Å². The SMILES string of the molecule is CCNCc1ccc(N(C)Cc2ccccc2OC)nn1. The Hall–Kier alpha value is -2.14. The lowest BCUT2D eigenvalue weighted by atomic mass is 10.2. The Morgan fingerprint density at radius 2 is 1.95 bits per heavy atom. The molecule has 1 N–H and O–H groups in total. The monoisotopic (exact) mass is 286 g/mol. The molecule has 5 nitrogen and oxygen atoms in total. The van der Waals surface area contributed by atoms with Crippen molar-refractivity contribution in [2.75, 3.05) is 25.6 Å². The second-order valence-electron chi connectivity index (χ2n) is 4.83. The summed E-state index contributed by atoms with van der Waals surface area (Å²) >= 11 is 0. The molecule has 0 aliphatic rings. The molecule has 0 bridgehead atoms. The van der Waals surface area contributed by atoms with E-state index in [1.54, 1.807) is 7.11 Å². The number of rotatable bonds is 7. The first kappa shape index (κ1) is 15.3. The average molecular weight is 286 g/mol. The van der Waals surface area contributed by atoms with Crippen LogP contribution in [0.1, 0.15) is 18.2 Å². The van der Waals surface area contributed by atoms with Crippen molar-refractivity contribution in [2.45, 2.75) is 20.0 Å². The van der Waals surface area contributed by atoms with E-state index >= 15 is 0 Å². The predicted molar refractivity (Wildman–Crippen MR) is 84.5 cm³/mol. The van der Waals surface area contributed by atoms with Gasteiger partial charge in [-0.25, -0.2) is 0 Å². The zero-order valence-corrected chi connectivity index (χ0v) is 12.8. The summed E-state index contributed by atoms with van der Waals surface area (Å²) in [5, 5.41) is 11.7. The molecular weight excluding hydrogens is 264 g/mol. The molecule has 0 aliphatic heterocycles. The summed E-state index contributed by atoms with van der Waals surface area (Å²) in [6.07, 6.45) is 0. The van der Waals surface area contributed by atoms with Crippen LogP contribution in [0.5, 0.6) is 5.75 Å². The van der Waals surface area contributed by atoms with Crippen molar-refractivity contribution in [2.24, 2.45) is 0 Å². The van der Waals surface area contributed by atoms with Crippen molar-refractivity contribution in [3.63, 3.8) is 0 Å². The number of hydrogen-bond donors (Lipinski definition) is 1. The second-order valence-corrected chi connectivity index (χ2v) is 4.83. The van der Waals surface area contributed by atoms with E-state index in [9.17, 15) is 0 Å². The van der Waals surface area contributed by atoms with Gasteiger partial charge in [-0.1, -0.05) is 25.1 Å². The van der Waals surface area contributed by atoms with Gasteiger partial charge in [-0.3, -0.25) is 0 Å². The summed E-state index contributed by atoms with van der Waals surface area (Å²) in [5.74, 6) is 1.74. The van der Waals surface area contributed by atoms with Crippen molar-refractivity contribution >= 4 is 5.82 Å². The lowest BCUT2D eigenvalue weighted by Crippen LogP contribution is -2.19. The predicted octanol–water partition coefficient (Wildman–Crippen LogP) is 2.23. The molecule has 21 heavy (non-hydrogen) atoms. The molecule has 0 amide bonds. The van der Waals surface area contributed by atoms with E-state index in [4.69, 9.17) is 4.74 Å². The van der Waals surface area contributed by atoms with Crippen LogP contribution < -0.4 is 15.0 Å². The second kappa shape index (κ2) is 7.59. The molecule has 5 heteroatoms.